The van der Waals surface area contributed by atoms with Crippen molar-refractivity contribution in [1.29, 1.82) is 0 Å². The number of ether oxygens (including phenoxy) is 1. The lowest BCUT2D eigenvalue weighted by molar-refractivity contribution is 0.0522. The first kappa shape index (κ1) is 17.1. The largest absolute Gasteiger partial charge is 0.462 e. The quantitative estimate of drug-likeness (QED) is 0.841. The molecule has 1 aromatic heterocycles. The molecule has 0 radical (unpaired) electrons. The molecule has 0 fully saturated rings. The summed E-state index contributed by atoms with van der Waals surface area (Å²) in [6.45, 7) is 3.90. The Bertz CT molecular complexity index is 691. The Hall–Kier alpha value is -2.31. The van der Waals surface area contributed by atoms with Gasteiger partial charge in [-0.05, 0) is 26.7 Å². The summed E-state index contributed by atoms with van der Waals surface area (Å²) in [5, 5.41) is 3.16. The van der Waals surface area contributed by atoms with Crippen LogP contribution in [0.4, 0.5) is 0 Å². The number of aromatic nitrogens is 2. The molecule has 0 amide bonds. The summed E-state index contributed by atoms with van der Waals surface area (Å²) in [4.78, 5) is 31.0. The number of hydrogen-bond donors (Lipinski definition) is 1. The third-order valence-electron chi connectivity index (χ3n) is 3.98. The first-order valence-corrected chi connectivity index (χ1v) is 7.79. The van der Waals surface area contributed by atoms with Crippen LogP contribution in [0, 0.1) is 0 Å². The Labute approximate surface area is 136 Å². The number of esters is 1. The summed E-state index contributed by atoms with van der Waals surface area (Å²) < 4.78 is 6.55. The molecule has 0 aromatic carbocycles. The topological polar surface area (TPSA) is 76.5 Å². The Morgan fingerprint density at radius 3 is 2.78 bits per heavy atom. The molecule has 2 rings (SSSR count). The minimum Gasteiger partial charge on any atom is -0.462 e. The first-order valence-electron chi connectivity index (χ1n) is 7.79. The summed E-state index contributed by atoms with van der Waals surface area (Å²) in [5.74, 6) is 0.909. The average molecular weight is 320 g/mol. The minimum absolute atomic E-state index is 0.0107. The van der Waals surface area contributed by atoms with Crippen LogP contribution in [0.2, 0.25) is 0 Å². The number of nitrogens with zero attached hydrogens (tertiary/aromatic N) is 3. The molecule has 0 saturated carbocycles. The van der Waals surface area contributed by atoms with Crippen LogP contribution in [0.25, 0.3) is 5.57 Å². The highest BCUT2D eigenvalue weighted by atomic mass is 16.5. The van der Waals surface area contributed by atoms with Crippen LogP contribution in [0.15, 0.2) is 16.8 Å². The molecule has 2 heterocycles. The lowest BCUT2D eigenvalue weighted by Crippen LogP contribution is -2.36. The van der Waals surface area contributed by atoms with Gasteiger partial charge in [-0.2, -0.15) is 0 Å². The van der Waals surface area contributed by atoms with E-state index in [0.717, 1.165) is 24.2 Å². The number of rotatable bonds is 4. The fraction of sp³-hybridized carbons (Fsp3) is 0.562. The van der Waals surface area contributed by atoms with E-state index < -0.39 is 5.97 Å². The molecular weight excluding hydrogens is 296 g/mol. The lowest BCUT2D eigenvalue weighted by Gasteiger charge is -2.30. The molecule has 1 atom stereocenters. The SMILES string of the molecule is CCOC(=O)c1cnc2n(c1=O)C(C)CC/C2=C(\NC)N(C)C. The fourth-order valence-electron chi connectivity index (χ4n) is 2.91. The van der Waals surface area contributed by atoms with Crippen molar-refractivity contribution >= 4 is 11.5 Å². The number of carbonyl (C=O) groups is 1. The van der Waals surface area contributed by atoms with Crippen LogP contribution in [0.3, 0.4) is 0 Å². The minimum atomic E-state index is -0.620. The van der Waals surface area contributed by atoms with E-state index in [2.05, 4.69) is 10.3 Å². The van der Waals surface area contributed by atoms with Gasteiger partial charge in [-0.3, -0.25) is 9.36 Å². The number of carbonyl (C=O) groups excluding carboxylic acids is 1. The Morgan fingerprint density at radius 1 is 1.52 bits per heavy atom. The second-order valence-corrected chi connectivity index (χ2v) is 5.75. The number of hydrogen-bond acceptors (Lipinski definition) is 6. The summed E-state index contributed by atoms with van der Waals surface area (Å²) in [6, 6.07) is -0.0107. The van der Waals surface area contributed by atoms with E-state index in [1.54, 1.807) is 11.5 Å². The predicted octanol–water partition coefficient (Wildman–Crippen LogP) is 1.22. The van der Waals surface area contributed by atoms with Gasteiger partial charge in [0, 0.05) is 39.0 Å². The molecule has 0 saturated heterocycles. The van der Waals surface area contributed by atoms with Crippen molar-refractivity contribution < 1.29 is 9.53 Å². The normalized spacial score (nSPS) is 18.9. The molecule has 1 aromatic rings. The molecule has 126 valence electrons. The molecule has 1 N–H and O–H groups in total. The monoisotopic (exact) mass is 320 g/mol. The van der Waals surface area contributed by atoms with Crippen molar-refractivity contribution in [1.82, 2.24) is 19.8 Å². The Kier molecular flexibility index (Phi) is 5.08. The van der Waals surface area contributed by atoms with Crippen LogP contribution in [-0.2, 0) is 4.74 Å². The molecule has 7 nitrogen and oxygen atoms in total. The van der Waals surface area contributed by atoms with Gasteiger partial charge in [-0.1, -0.05) is 0 Å². The van der Waals surface area contributed by atoms with E-state index in [-0.39, 0.29) is 23.8 Å². The molecule has 0 bridgehead atoms. The van der Waals surface area contributed by atoms with Gasteiger partial charge >= 0.3 is 5.97 Å². The maximum Gasteiger partial charge on any atom is 0.345 e. The second-order valence-electron chi connectivity index (χ2n) is 5.75. The van der Waals surface area contributed by atoms with E-state index in [1.165, 1.54) is 6.20 Å². The molecule has 1 aliphatic rings. The van der Waals surface area contributed by atoms with E-state index >= 15 is 0 Å². The summed E-state index contributed by atoms with van der Waals surface area (Å²) in [7, 11) is 5.72. The van der Waals surface area contributed by atoms with Crippen molar-refractivity contribution in [2.75, 3.05) is 27.7 Å². The number of nitrogens with one attached hydrogen (secondary N) is 1. The van der Waals surface area contributed by atoms with Gasteiger partial charge in [0.1, 0.15) is 17.2 Å². The van der Waals surface area contributed by atoms with Crippen molar-refractivity contribution in [2.45, 2.75) is 32.7 Å². The third kappa shape index (κ3) is 3.09. The summed E-state index contributed by atoms with van der Waals surface area (Å²) >= 11 is 0. The van der Waals surface area contributed by atoms with Crippen LogP contribution < -0.4 is 10.9 Å². The van der Waals surface area contributed by atoms with Gasteiger partial charge in [0.15, 0.2) is 0 Å². The van der Waals surface area contributed by atoms with Crippen LogP contribution in [0.5, 0.6) is 0 Å². The highest BCUT2D eigenvalue weighted by molar-refractivity contribution is 5.88. The van der Waals surface area contributed by atoms with Crippen molar-refractivity contribution in [3.63, 3.8) is 0 Å². The highest BCUT2D eigenvalue weighted by Gasteiger charge is 2.28. The van der Waals surface area contributed by atoms with Gasteiger partial charge in [-0.25, -0.2) is 9.78 Å². The zero-order valence-electron chi connectivity index (χ0n) is 14.3. The van der Waals surface area contributed by atoms with Gasteiger partial charge in [0.05, 0.1) is 6.61 Å². The van der Waals surface area contributed by atoms with Gasteiger partial charge < -0.3 is 15.0 Å². The number of fused-ring (bicyclic) bond motifs is 1. The molecule has 23 heavy (non-hydrogen) atoms. The van der Waals surface area contributed by atoms with Crippen LogP contribution >= 0.6 is 0 Å². The molecule has 0 spiro atoms. The van der Waals surface area contributed by atoms with Crippen molar-refractivity contribution in [2.24, 2.45) is 0 Å². The molecule has 1 unspecified atom stereocenters. The Balaban J connectivity index is 2.65. The smallest absolute Gasteiger partial charge is 0.345 e. The van der Waals surface area contributed by atoms with Crippen LogP contribution in [-0.4, -0.2) is 48.2 Å². The lowest BCUT2D eigenvalue weighted by atomic mass is 9.99. The fourth-order valence-corrected chi connectivity index (χ4v) is 2.91. The molecule has 7 heteroatoms. The summed E-state index contributed by atoms with van der Waals surface area (Å²) in [6.07, 6.45) is 2.96. The standard InChI is InChI=1S/C16H24N4O3/c1-6-23-16(22)12-9-18-14-11(13(17-3)19(4)5)8-7-10(2)20(14)15(12)21/h9-10,17H,6-8H2,1-5H3/b13-11-. The molecule has 0 aliphatic carbocycles. The maximum atomic E-state index is 12.7. The third-order valence-corrected chi connectivity index (χ3v) is 3.98. The summed E-state index contributed by atoms with van der Waals surface area (Å²) in [5.41, 5.74) is 0.620. The van der Waals surface area contributed by atoms with E-state index in [0.29, 0.717) is 5.82 Å². The molecule has 1 aliphatic heterocycles. The highest BCUT2D eigenvalue weighted by Crippen LogP contribution is 2.31. The number of allylic oxidation sites excluding steroid dienone is 1. The average Bonchev–Trinajstić information content (AvgIpc) is 2.50. The van der Waals surface area contributed by atoms with E-state index in [1.807, 2.05) is 33.0 Å². The van der Waals surface area contributed by atoms with E-state index in [9.17, 15) is 9.59 Å². The van der Waals surface area contributed by atoms with Crippen molar-refractivity contribution in [3.05, 3.63) is 33.8 Å². The zero-order chi connectivity index (χ0) is 17.1. The van der Waals surface area contributed by atoms with Gasteiger partial charge in [0.25, 0.3) is 5.56 Å². The van der Waals surface area contributed by atoms with Gasteiger partial charge in [-0.15, -0.1) is 0 Å². The van der Waals surface area contributed by atoms with Gasteiger partial charge in [0.2, 0.25) is 0 Å². The molecular formula is C16H24N4O3. The maximum absolute atomic E-state index is 12.7. The van der Waals surface area contributed by atoms with Crippen molar-refractivity contribution in [3.8, 4) is 0 Å². The predicted molar refractivity (Wildman–Crippen MR) is 88.1 cm³/mol. The Morgan fingerprint density at radius 2 is 2.22 bits per heavy atom. The van der Waals surface area contributed by atoms with Crippen LogP contribution in [0.1, 0.15) is 48.9 Å². The second kappa shape index (κ2) is 6.85. The first-order chi connectivity index (χ1) is 10.9. The zero-order valence-corrected chi connectivity index (χ0v) is 14.3. The van der Waals surface area contributed by atoms with E-state index in [4.69, 9.17) is 4.74 Å².